The van der Waals surface area contributed by atoms with Crippen LogP contribution in [0.5, 0.6) is 0 Å². The van der Waals surface area contributed by atoms with Gasteiger partial charge in [-0.3, -0.25) is 9.97 Å². The molecule has 8 aromatic carbocycles. The zero-order valence-electron chi connectivity index (χ0n) is 47.1. The molecule has 1 fully saturated rings. The number of thiophene rings is 2. The van der Waals surface area contributed by atoms with E-state index in [9.17, 15) is 0 Å². The maximum Gasteiger partial charge on any atom is 0.496 e. The molecule has 14 aromatic rings. The SMILES string of the molecule is CC1(C)OB(c2ccnc3c2sc2ccccc23)OC1(C)C.Clc1ccc(-c2ccnc3c2sc2ccccc23)cc1-c1cc(-c2ccccc2)nc(-c2ccccc2)n1.Clc1ccc(Cl)c(-c2cc(-c3ccccc3)nc(-c3ccccc3)n2)c1. The Hall–Kier alpha value is -8.49. The number of hydrogen-bond donors (Lipinski definition) is 0. The highest BCUT2D eigenvalue weighted by atomic mass is 35.5. The normalized spacial score (nSPS) is 13.4. The van der Waals surface area contributed by atoms with Gasteiger partial charge in [0.25, 0.3) is 0 Å². The van der Waals surface area contributed by atoms with E-state index in [0.717, 1.165) is 88.5 Å². The zero-order valence-corrected chi connectivity index (χ0v) is 51.0. The topological polar surface area (TPSA) is 95.8 Å². The summed E-state index contributed by atoms with van der Waals surface area (Å²) >= 11 is 22.9. The van der Waals surface area contributed by atoms with Gasteiger partial charge in [-0.2, -0.15) is 0 Å². The average molecular weight is 1210 g/mol. The van der Waals surface area contributed by atoms with Crippen LogP contribution in [0.4, 0.5) is 0 Å². The van der Waals surface area contributed by atoms with E-state index in [1.807, 2.05) is 152 Å². The number of benzene rings is 8. The van der Waals surface area contributed by atoms with Crippen LogP contribution in [0, 0.1) is 0 Å². The summed E-state index contributed by atoms with van der Waals surface area (Å²) in [6, 6.07) is 76.5. The van der Waals surface area contributed by atoms with Crippen LogP contribution in [0.25, 0.3) is 120 Å². The van der Waals surface area contributed by atoms with Gasteiger partial charge in [-0.05, 0) is 100.0 Å². The first-order chi connectivity index (χ1) is 41.8. The molecule has 14 heteroatoms. The van der Waals surface area contributed by atoms with Crippen LogP contribution in [-0.4, -0.2) is 48.2 Å². The Balaban J connectivity index is 0.000000125. The summed E-state index contributed by atoms with van der Waals surface area (Å²) < 4.78 is 17.2. The van der Waals surface area contributed by atoms with Gasteiger partial charge in [-0.15, -0.1) is 22.7 Å². The van der Waals surface area contributed by atoms with Crippen molar-refractivity contribution in [3.8, 4) is 78.9 Å². The summed E-state index contributed by atoms with van der Waals surface area (Å²) in [6.45, 7) is 8.32. The lowest BCUT2D eigenvalue weighted by molar-refractivity contribution is 0.00578. The number of pyridine rings is 2. The molecule has 1 saturated heterocycles. The maximum absolute atomic E-state index is 6.83. The van der Waals surface area contributed by atoms with Crippen LogP contribution in [-0.2, 0) is 9.31 Å². The van der Waals surface area contributed by atoms with Gasteiger partial charge in [0.15, 0.2) is 11.6 Å². The van der Waals surface area contributed by atoms with Crippen molar-refractivity contribution in [3.05, 3.63) is 258 Å². The molecule has 7 heterocycles. The molecule has 0 amide bonds. The highest BCUT2D eigenvalue weighted by Crippen LogP contribution is 2.43. The Morgan fingerprint density at radius 3 is 1.31 bits per heavy atom. The number of fused-ring (bicyclic) bond motifs is 6. The van der Waals surface area contributed by atoms with Crippen molar-refractivity contribution < 1.29 is 9.31 Å². The summed E-state index contributed by atoms with van der Waals surface area (Å²) in [5.74, 6) is 1.32. The van der Waals surface area contributed by atoms with E-state index in [-0.39, 0.29) is 18.3 Å². The van der Waals surface area contributed by atoms with Crippen molar-refractivity contribution in [1.29, 1.82) is 0 Å². The van der Waals surface area contributed by atoms with Crippen LogP contribution in [0.3, 0.4) is 0 Å². The Bertz CT molecular complexity index is 4650. The molecule has 0 atom stereocenters. The molecule has 0 N–H and O–H groups in total. The molecular formula is C72H52BCl3N6O2S2. The van der Waals surface area contributed by atoms with Crippen LogP contribution in [0.2, 0.25) is 15.1 Å². The predicted octanol–water partition coefficient (Wildman–Crippen LogP) is 20.1. The lowest BCUT2D eigenvalue weighted by atomic mass is 9.79. The average Bonchev–Trinajstić information content (AvgIpc) is 1.74. The van der Waals surface area contributed by atoms with E-state index in [1.165, 1.54) is 24.9 Å². The van der Waals surface area contributed by atoms with Gasteiger partial charge in [0.2, 0.25) is 0 Å². The maximum atomic E-state index is 6.83. The van der Waals surface area contributed by atoms with E-state index in [2.05, 4.69) is 112 Å². The van der Waals surface area contributed by atoms with Gasteiger partial charge in [0.1, 0.15) is 0 Å². The quantitative estimate of drug-likeness (QED) is 0.139. The zero-order chi connectivity index (χ0) is 58.9. The lowest BCUT2D eigenvalue weighted by Crippen LogP contribution is -2.41. The Labute approximate surface area is 521 Å². The van der Waals surface area contributed by atoms with Gasteiger partial charge >= 0.3 is 7.12 Å². The molecule has 86 heavy (non-hydrogen) atoms. The highest BCUT2D eigenvalue weighted by molar-refractivity contribution is 7.27. The molecule has 0 radical (unpaired) electrons. The minimum absolute atomic E-state index is 0.329. The summed E-state index contributed by atoms with van der Waals surface area (Å²) in [4.78, 5) is 28.7. The third-order valence-electron chi connectivity index (χ3n) is 15.5. The Morgan fingerprint density at radius 2 is 0.791 bits per heavy atom. The van der Waals surface area contributed by atoms with Gasteiger partial charge in [0, 0.05) is 82.0 Å². The van der Waals surface area contributed by atoms with Crippen LogP contribution in [0.15, 0.2) is 243 Å². The van der Waals surface area contributed by atoms with Crippen molar-refractivity contribution in [3.63, 3.8) is 0 Å². The second-order valence-electron chi connectivity index (χ2n) is 21.6. The minimum Gasteiger partial charge on any atom is -0.399 e. The minimum atomic E-state index is -0.344. The second-order valence-corrected chi connectivity index (χ2v) is 25.0. The first kappa shape index (κ1) is 56.6. The molecule has 6 aromatic heterocycles. The fraction of sp³-hybridized carbons (Fsp3) is 0.0833. The fourth-order valence-corrected chi connectivity index (χ4v) is 13.3. The number of halogens is 3. The first-order valence-corrected chi connectivity index (χ1v) is 30.7. The van der Waals surface area contributed by atoms with Crippen molar-refractivity contribution in [2.45, 2.75) is 38.9 Å². The molecule has 0 saturated carbocycles. The molecule has 1 aliphatic heterocycles. The Morgan fingerprint density at radius 1 is 0.372 bits per heavy atom. The molecule has 8 nitrogen and oxygen atoms in total. The van der Waals surface area contributed by atoms with Crippen LogP contribution in [0.1, 0.15) is 27.7 Å². The summed E-state index contributed by atoms with van der Waals surface area (Å²) in [6.07, 6.45) is 3.73. The lowest BCUT2D eigenvalue weighted by Gasteiger charge is -2.32. The standard InChI is InChI=1S/C33H20ClN3S.C22H14Cl2N2.C17H18BNO2S/c34-27-16-15-23(24-17-18-35-31-25-13-7-8-14-30(25)38-32(24)31)19-26(27)29-20-28(21-9-3-1-4-10-21)36-33(37-29)22-11-5-2-6-12-22;23-17-11-12-19(24)18(13-17)21-14-20(15-7-3-1-4-8-15)25-22(26-21)16-9-5-2-6-10-16;1-16(2)17(3,4)21-18(20-16)12-9-10-19-14-11-7-5-6-8-13(11)22-15(12)14/h1-20H;1-14H;5-10H,1-4H3. The molecule has 0 unspecified atom stereocenters. The smallest absolute Gasteiger partial charge is 0.399 e. The van der Waals surface area contributed by atoms with Gasteiger partial charge in [0.05, 0.1) is 64.5 Å². The second kappa shape index (κ2) is 24.1. The number of aromatic nitrogens is 6. The molecule has 1 aliphatic rings. The van der Waals surface area contributed by atoms with E-state index >= 15 is 0 Å². The predicted molar refractivity (Wildman–Crippen MR) is 361 cm³/mol. The number of rotatable bonds is 8. The van der Waals surface area contributed by atoms with Gasteiger partial charge < -0.3 is 9.31 Å². The molecule has 0 aliphatic carbocycles. The Kier molecular flexibility index (Phi) is 15.9. The van der Waals surface area contributed by atoms with Crippen molar-refractivity contribution in [1.82, 2.24) is 29.9 Å². The van der Waals surface area contributed by atoms with Gasteiger partial charge in [-0.25, -0.2) is 19.9 Å². The van der Waals surface area contributed by atoms with Crippen molar-refractivity contribution in [2.75, 3.05) is 0 Å². The van der Waals surface area contributed by atoms with E-state index in [4.69, 9.17) is 69.0 Å². The van der Waals surface area contributed by atoms with Crippen molar-refractivity contribution in [2.24, 2.45) is 0 Å². The van der Waals surface area contributed by atoms with Crippen molar-refractivity contribution >= 4 is 111 Å². The molecule has 0 bridgehead atoms. The van der Waals surface area contributed by atoms with Crippen LogP contribution >= 0.6 is 57.5 Å². The summed E-state index contributed by atoms with van der Waals surface area (Å²) in [5, 5.41) is 4.24. The fourth-order valence-electron chi connectivity index (χ4n) is 10.3. The van der Waals surface area contributed by atoms with E-state index in [1.54, 1.807) is 34.8 Å². The molecular weight excluding hydrogens is 1160 g/mol. The van der Waals surface area contributed by atoms with Gasteiger partial charge in [-0.1, -0.05) is 199 Å². The van der Waals surface area contributed by atoms with E-state index in [0.29, 0.717) is 26.7 Å². The third kappa shape index (κ3) is 11.6. The first-order valence-electron chi connectivity index (χ1n) is 28.0. The summed E-state index contributed by atoms with van der Waals surface area (Å²) in [5.41, 5.74) is 13.5. The number of hydrogen-bond acceptors (Lipinski definition) is 10. The summed E-state index contributed by atoms with van der Waals surface area (Å²) in [7, 11) is -0.344. The number of nitrogens with zero attached hydrogens (tertiary/aromatic N) is 6. The largest absolute Gasteiger partial charge is 0.496 e. The van der Waals surface area contributed by atoms with E-state index < -0.39 is 0 Å². The molecule has 418 valence electrons. The third-order valence-corrected chi connectivity index (χ3v) is 18.8. The highest BCUT2D eigenvalue weighted by Gasteiger charge is 2.52. The molecule has 0 spiro atoms. The van der Waals surface area contributed by atoms with Crippen LogP contribution < -0.4 is 5.46 Å². The monoisotopic (exact) mass is 1210 g/mol. The molecule has 15 rings (SSSR count).